The summed E-state index contributed by atoms with van der Waals surface area (Å²) in [6.07, 6.45) is 6.65. The van der Waals surface area contributed by atoms with Crippen LogP contribution < -0.4 is 5.56 Å². The van der Waals surface area contributed by atoms with Crippen LogP contribution in [0.3, 0.4) is 0 Å². The molecule has 1 aliphatic carbocycles. The average molecular weight is 209 g/mol. The molecule has 1 fully saturated rings. The monoisotopic (exact) mass is 209 g/mol. The molecule has 0 atom stereocenters. The maximum absolute atomic E-state index is 11.1. The average Bonchev–Trinajstić information content (AvgIpc) is 2.19. The molecular formula is C11H15NOS. The van der Waals surface area contributed by atoms with Gasteiger partial charge in [-0.3, -0.25) is 4.79 Å². The van der Waals surface area contributed by atoms with Crippen LogP contribution in [0.5, 0.6) is 0 Å². The molecule has 3 heteroatoms. The number of H-pyrrole nitrogens is 1. The molecule has 0 saturated heterocycles. The molecule has 0 bridgehead atoms. The van der Waals surface area contributed by atoms with Gasteiger partial charge in [0, 0.05) is 11.3 Å². The van der Waals surface area contributed by atoms with Crippen molar-refractivity contribution in [3.8, 4) is 0 Å². The van der Waals surface area contributed by atoms with Crippen molar-refractivity contribution in [1.29, 1.82) is 0 Å². The lowest BCUT2D eigenvalue weighted by atomic mass is 10.0. The predicted molar refractivity (Wildman–Crippen MR) is 59.8 cm³/mol. The fourth-order valence-electron chi connectivity index (χ4n) is 1.86. The van der Waals surface area contributed by atoms with E-state index in [4.69, 9.17) is 0 Å². The number of hydrogen-bond donors (Lipinski definition) is 1. The summed E-state index contributed by atoms with van der Waals surface area (Å²) in [7, 11) is 0. The number of aromatic amines is 1. The van der Waals surface area contributed by atoms with E-state index in [1.807, 2.05) is 23.9 Å². The number of thioether (sulfide) groups is 1. The Kier molecular flexibility index (Phi) is 3.30. The minimum absolute atomic E-state index is 0.00538. The highest BCUT2D eigenvalue weighted by Gasteiger charge is 2.14. The van der Waals surface area contributed by atoms with Gasteiger partial charge in [0.05, 0.1) is 5.03 Å². The first-order valence-electron chi connectivity index (χ1n) is 5.20. The molecular weight excluding hydrogens is 194 g/mol. The fraction of sp³-hybridized carbons (Fsp3) is 0.545. The Morgan fingerprint density at radius 2 is 2.00 bits per heavy atom. The molecule has 0 radical (unpaired) electrons. The van der Waals surface area contributed by atoms with Crippen LogP contribution in [0, 0.1) is 0 Å². The second kappa shape index (κ2) is 4.69. The van der Waals surface area contributed by atoms with Gasteiger partial charge in [-0.05, 0) is 18.9 Å². The molecule has 2 rings (SSSR count). The Morgan fingerprint density at radius 3 is 2.71 bits per heavy atom. The molecule has 1 heterocycles. The summed E-state index contributed by atoms with van der Waals surface area (Å²) in [6.45, 7) is 0. The smallest absolute Gasteiger partial charge is 0.248 e. The van der Waals surface area contributed by atoms with Gasteiger partial charge in [0.1, 0.15) is 0 Å². The van der Waals surface area contributed by atoms with Gasteiger partial charge in [0.15, 0.2) is 0 Å². The lowest BCUT2D eigenvalue weighted by Gasteiger charge is -2.20. The molecule has 1 aliphatic rings. The molecule has 0 amide bonds. The van der Waals surface area contributed by atoms with Crippen molar-refractivity contribution in [3.05, 3.63) is 28.6 Å². The zero-order chi connectivity index (χ0) is 9.80. The van der Waals surface area contributed by atoms with E-state index in [1.165, 1.54) is 32.1 Å². The minimum Gasteiger partial charge on any atom is -0.317 e. The van der Waals surface area contributed by atoms with Crippen LogP contribution in [0.2, 0.25) is 0 Å². The van der Waals surface area contributed by atoms with Gasteiger partial charge in [0.2, 0.25) is 5.56 Å². The highest BCUT2D eigenvalue weighted by molar-refractivity contribution is 7.99. The Bertz CT molecular complexity index is 341. The summed E-state index contributed by atoms with van der Waals surface area (Å²) < 4.78 is 0. The summed E-state index contributed by atoms with van der Waals surface area (Å²) in [6, 6.07) is 5.37. The van der Waals surface area contributed by atoms with E-state index in [-0.39, 0.29) is 5.56 Å². The van der Waals surface area contributed by atoms with E-state index in [0.29, 0.717) is 5.25 Å². The summed E-state index contributed by atoms with van der Waals surface area (Å²) >= 11 is 1.82. The van der Waals surface area contributed by atoms with E-state index in [1.54, 1.807) is 6.07 Å². The first kappa shape index (κ1) is 9.84. The van der Waals surface area contributed by atoms with Gasteiger partial charge in [-0.15, -0.1) is 11.8 Å². The Hall–Kier alpha value is -0.700. The molecule has 1 aromatic heterocycles. The van der Waals surface area contributed by atoms with Gasteiger partial charge in [-0.1, -0.05) is 25.3 Å². The Balaban J connectivity index is 1.99. The Morgan fingerprint density at radius 1 is 1.21 bits per heavy atom. The molecule has 14 heavy (non-hydrogen) atoms. The molecule has 1 N–H and O–H groups in total. The van der Waals surface area contributed by atoms with Gasteiger partial charge in [-0.2, -0.15) is 0 Å². The highest BCUT2D eigenvalue weighted by Crippen LogP contribution is 2.31. The molecule has 0 aliphatic heterocycles. The van der Waals surface area contributed by atoms with E-state index in [2.05, 4.69) is 4.98 Å². The lowest BCUT2D eigenvalue weighted by molar-refractivity contribution is 0.515. The largest absolute Gasteiger partial charge is 0.317 e. The molecule has 0 aromatic carbocycles. The van der Waals surface area contributed by atoms with Gasteiger partial charge >= 0.3 is 0 Å². The van der Waals surface area contributed by atoms with Crippen LogP contribution in [0.4, 0.5) is 0 Å². The number of pyridine rings is 1. The number of aromatic nitrogens is 1. The van der Waals surface area contributed by atoms with Gasteiger partial charge < -0.3 is 4.98 Å². The quantitative estimate of drug-likeness (QED) is 0.812. The zero-order valence-electron chi connectivity index (χ0n) is 8.16. The van der Waals surface area contributed by atoms with Crippen LogP contribution in [0.25, 0.3) is 0 Å². The summed E-state index contributed by atoms with van der Waals surface area (Å²) in [5.74, 6) is 0. The number of nitrogens with one attached hydrogen (secondary N) is 1. The molecule has 76 valence electrons. The molecule has 1 aromatic rings. The molecule has 0 spiro atoms. The van der Waals surface area contributed by atoms with Crippen molar-refractivity contribution >= 4 is 11.8 Å². The van der Waals surface area contributed by atoms with E-state index in [9.17, 15) is 4.79 Å². The van der Waals surface area contributed by atoms with Crippen molar-refractivity contribution in [2.45, 2.75) is 42.4 Å². The van der Waals surface area contributed by atoms with E-state index in [0.717, 1.165) is 5.03 Å². The molecule has 1 saturated carbocycles. The maximum atomic E-state index is 11.1. The van der Waals surface area contributed by atoms with Crippen molar-refractivity contribution in [1.82, 2.24) is 4.98 Å². The van der Waals surface area contributed by atoms with E-state index >= 15 is 0 Å². The second-order valence-electron chi connectivity index (χ2n) is 3.76. The van der Waals surface area contributed by atoms with Crippen molar-refractivity contribution < 1.29 is 0 Å². The molecule has 2 nitrogen and oxygen atoms in total. The first-order valence-corrected chi connectivity index (χ1v) is 6.08. The topological polar surface area (TPSA) is 32.9 Å². The fourth-order valence-corrected chi connectivity index (χ4v) is 3.10. The van der Waals surface area contributed by atoms with Gasteiger partial charge in [0.25, 0.3) is 0 Å². The third kappa shape index (κ3) is 2.64. The standard InChI is InChI=1S/C11H15NOS/c13-10-7-4-8-11(12-10)14-9-5-2-1-3-6-9/h4,7-9H,1-3,5-6H2,(H,12,13). The van der Waals surface area contributed by atoms with Crippen LogP contribution in [0.15, 0.2) is 28.0 Å². The lowest BCUT2D eigenvalue weighted by Crippen LogP contribution is -2.10. The highest BCUT2D eigenvalue weighted by atomic mass is 32.2. The third-order valence-electron chi connectivity index (χ3n) is 2.59. The SMILES string of the molecule is O=c1cccc(SC2CCCCC2)[nH]1. The normalized spacial score (nSPS) is 18.3. The van der Waals surface area contributed by atoms with Crippen LogP contribution >= 0.6 is 11.8 Å². The summed E-state index contributed by atoms with van der Waals surface area (Å²) in [4.78, 5) is 13.9. The number of hydrogen-bond acceptors (Lipinski definition) is 2. The summed E-state index contributed by atoms with van der Waals surface area (Å²) in [5, 5.41) is 1.73. The van der Waals surface area contributed by atoms with E-state index < -0.39 is 0 Å². The second-order valence-corrected chi connectivity index (χ2v) is 5.10. The van der Waals surface area contributed by atoms with Crippen molar-refractivity contribution in [2.24, 2.45) is 0 Å². The first-order chi connectivity index (χ1) is 6.84. The van der Waals surface area contributed by atoms with Crippen molar-refractivity contribution in [2.75, 3.05) is 0 Å². The maximum Gasteiger partial charge on any atom is 0.248 e. The molecule has 0 unspecified atom stereocenters. The minimum atomic E-state index is 0.00538. The van der Waals surface area contributed by atoms with Crippen LogP contribution in [0.1, 0.15) is 32.1 Å². The van der Waals surface area contributed by atoms with Crippen LogP contribution in [-0.2, 0) is 0 Å². The summed E-state index contributed by atoms with van der Waals surface area (Å²) in [5.41, 5.74) is 0.00538. The van der Waals surface area contributed by atoms with Crippen molar-refractivity contribution in [3.63, 3.8) is 0 Å². The third-order valence-corrected chi connectivity index (χ3v) is 3.88. The number of rotatable bonds is 2. The van der Waals surface area contributed by atoms with Gasteiger partial charge in [-0.25, -0.2) is 0 Å². The predicted octanol–water partition coefficient (Wildman–Crippen LogP) is 2.80. The van der Waals surface area contributed by atoms with Crippen LogP contribution in [-0.4, -0.2) is 10.2 Å². The Labute approximate surface area is 88.1 Å². The zero-order valence-corrected chi connectivity index (χ0v) is 8.98.